The molecular weight excluding hydrogens is 398 g/mol. The van der Waals surface area contributed by atoms with E-state index in [-0.39, 0.29) is 12.3 Å². The average Bonchev–Trinajstić information content (AvgIpc) is 2.66. The van der Waals surface area contributed by atoms with E-state index < -0.39 is 12.5 Å². The maximum absolute atomic E-state index is 13.1. The number of aryl methyl sites for hydroxylation is 2. The Kier molecular flexibility index (Phi) is 6.50. The molecule has 0 radical (unpaired) electrons. The zero-order chi connectivity index (χ0) is 21.7. The molecule has 0 heterocycles. The second-order valence-corrected chi connectivity index (χ2v) is 6.92. The molecule has 0 spiro atoms. The molecule has 3 nitrogen and oxygen atoms in total. The Morgan fingerprint density at radius 1 is 0.833 bits per heavy atom. The predicted molar refractivity (Wildman–Crippen MR) is 108 cm³/mol. The van der Waals surface area contributed by atoms with Crippen molar-refractivity contribution in [3.8, 4) is 17.2 Å². The zero-order valence-corrected chi connectivity index (χ0v) is 16.5. The van der Waals surface area contributed by atoms with Crippen LogP contribution in [0.5, 0.6) is 17.2 Å². The lowest BCUT2D eigenvalue weighted by Gasteiger charge is -2.17. The Morgan fingerprint density at radius 2 is 1.50 bits per heavy atom. The molecule has 158 valence electrons. The molecule has 0 bridgehead atoms. The number of anilines is 1. The lowest BCUT2D eigenvalue weighted by Crippen LogP contribution is -2.33. The Labute approximate surface area is 172 Å². The number of rotatable bonds is 8. The average molecular weight is 419 g/mol. The molecule has 30 heavy (non-hydrogen) atoms. The van der Waals surface area contributed by atoms with E-state index in [1.54, 1.807) is 6.07 Å². The first-order valence-corrected chi connectivity index (χ1v) is 9.25. The standard InChI is InChI=1S/C23H21F4NO2/c1-15-9-16(2)11-21(10-15)29-19-7-4-6-18(13-19)28-14-17-5-3-8-20(12-17)30-23(26,27)22(24)25/h3-13,22,28H,14H2,1-2H3. The van der Waals surface area contributed by atoms with E-state index in [0.29, 0.717) is 11.3 Å². The highest BCUT2D eigenvalue weighted by molar-refractivity contribution is 5.50. The SMILES string of the molecule is Cc1cc(C)cc(Oc2cccc(NCc3cccc(OC(F)(F)C(F)F)c3)c2)c1. The molecular formula is C23H21F4NO2. The van der Waals surface area contributed by atoms with E-state index in [0.717, 1.165) is 22.6 Å². The molecule has 0 saturated carbocycles. The van der Waals surface area contributed by atoms with Crippen LogP contribution in [0.3, 0.4) is 0 Å². The molecule has 1 N–H and O–H groups in total. The maximum Gasteiger partial charge on any atom is 0.461 e. The van der Waals surface area contributed by atoms with Crippen LogP contribution < -0.4 is 14.8 Å². The fourth-order valence-electron chi connectivity index (χ4n) is 2.92. The van der Waals surface area contributed by atoms with Crippen LogP contribution >= 0.6 is 0 Å². The number of hydrogen-bond acceptors (Lipinski definition) is 3. The molecule has 0 aromatic heterocycles. The molecule has 3 aromatic rings. The summed E-state index contributed by atoms with van der Waals surface area (Å²) in [6.07, 6.45) is -8.44. The summed E-state index contributed by atoms with van der Waals surface area (Å²) in [4.78, 5) is 0. The molecule has 0 aliphatic carbocycles. The number of benzene rings is 3. The van der Waals surface area contributed by atoms with Crippen LogP contribution in [0.2, 0.25) is 0 Å². The van der Waals surface area contributed by atoms with Crippen LogP contribution in [0.4, 0.5) is 23.2 Å². The summed E-state index contributed by atoms with van der Waals surface area (Å²) in [7, 11) is 0. The summed E-state index contributed by atoms with van der Waals surface area (Å²) in [5, 5.41) is 3.15. The molecule has 0 fully saturated rings. The van der Waals surface area contributed by atoms with Gasteiger partial charge in [0.15, 0.2) is 0 Å². The first-order chi connectivity index (χ1) is 14.2. The Hall–Kier alpha value is -3.22. The summed E-state index contributed by atoms with van der Waals surface area (Å²) < 4.78 is 60.8. The van der Waals surface area contributed by atoms with Crippen LogP contribution in [0, 0.1) is 13.8 Å². The van der Waals surface area contributed by atoms with Gasteiger partial charge in [-0.2, -0.15) is 17.6 Å². The van der Waals surface area contributed by atoms with Crippen molar-refractivity contribution in [2.24, 2.45) is 0 Å². The van der Waals surface area contributed by atoms with Crippen LogP contribution in [-0.2, 0) is 6.54 Å². The Bertz CT molecular complexity index is 988. The van der Waals surface area contributed by atoms with Gasteiger partial charge >= 0.3 is 12.5 Å². The summed E-state index contributed by atoms with van der Waals surface area (Å²) in [6, 6.07) is 18.9. The topological polar surface area (TPSA) is 30.5 Å². The second kappa shape index (κ2) is 9.07. The largest absolute Gasteiger partial charge is 0.461 e. The molecule has 0 atom stereocenters. The summed E-state index contributed by atoms with van der Waals surface area (Å²) in [6.45, 7) is 4.27. The van der Waals surface area contributed by atoms with Gasteiger partial charge in [-0.25, -0.2) is 0 Å². The lowest BCUT2D eigenvalue weighted by atomic mass is 10.1. The van der Waals surface area contributed by atoms with Gasteiger partial charge in [0.05, 0.1) is 0 Å². The van der Waals surface area contributed by atoms with Gasteiger partial charge < -0.3 is 14.8 Å². The van der Waals surface area contributed by atoms with Gasteiger partial charge in [0.1, 0.15) is 17.2 Å². The molecule has 7 heteroatoms. The Balaban J connectivity index is 1.65. The van der Waals surface area contributed by atoms with Crippen molar-refractivity contribution in [2.45, 2.75) is 32.9 Å². The van der Waals surface area contributed by atoms with Gasteiger partial charge in [-0.3, -0.25) is 0 Å². The van der Waals surface area contributed by atoms with Gasteiger partial charge in [-0.1, -0.05) is 24.3 Å². The minimum absolute atomic E-state index is 0.282. The zero-order valence-electron chi connectivity index (χ0n) is 16.5. The molecule has 0 aliphatic rings. The minimum atomic E-state index is -4.54. The van der Waals surface area contributed by atoms with Crippen molar-refractivity contribution in [2.75, 3.05) is 5.32 Å². The number of alkyl halides is 4. The monoisotopic (exact) mass is 419 g/mol. The highest BCUT2D eigenvalue weighted by Gasteiger charge is 2.43. The van der Waals surface area contributed by atoms with Crippen molar-refractivity contribution in [1.29, 1.82) is 0 Å². The first-order valence-electron chi connectivity index (χ1n) is 9.25. The van der Waals surface area contributed by atoms with Gasteiger partial charge in [0.2, 0.25) is 0 Å². The quantitative estimate of drug-likeness (QED) is 0.401. The third kappa shape index (κ3) is 5.89. The maximum atomic E-state index is 13.1. The molecule has 3 aromatic carbocycles. The smallest absolute Gasteiger partial charge is 0.457 e. The molecule has 0 amide bonds. The number of hydrogen-bond donors (Lipinski definition) is 1. The normalized spacial score (nSPS) is 11.4. The summed E-state index contributed by atoms with van der Waals surface area (Å²) in [5.41, 5.74) is 3.54. The van der Waals surface area contributed by atoms with Gasteiger partial charge in [0.25, 0.3) is 0 Å². The predicted octanol–water partition coefficient (Wildman–Crippen LogP) is 6.94. The van der Waals surface area contributed by atoms with E-state index in [4.69, 9.17) is 4.74 Å². The third-order valence-corrected chi connectivity index (χ3v) is 4.17. The molecule has 0 saturated heterocycles. The highest BCUT2D eigenvalue weighted by atomic mass is 19.3. The van der Waals surface area contributed by atoms with Crippen molar-refractivity contribution >= 4 is 5.69 Å². The van der Waals surface area contributed by atoms with E-state index in [1.807, 2.05) is 50.2 Å². The number of halogens is 4. The second-order valence-electron chi connectivity index (χ2n) is 6.92. The highest BCUT2D eigenvalue weighted by Crippen LogP contribution is 2.29. The van der Waals surface area contributed by atoms with E-state index in [2.05, 4.69) is 16.1 Å². The summed E-state index contributed by atoms with van der Waals surface area (Å²) >= 11 is 0. The lowest BCUT2D eigenvalue weighted by molar-refractivity contribution is -0.253. The van der Waals surface area contributed by atoms with Gasteiger partial charge in [-0.15, -0.1) is 0 Å². The van der Waals surface area contributed by atoms with Crippen molar-refractivity contribution in [1.82, 2.24) is 0 Å². The van der Waals surface area contributed by atoms with E-state index in [1.165, 1.54) is 18.2 Å². The van der Waals surface area contributed by atoms with Crippen molar-refractivity contribution in [3.63, 3.8) is 0 Å². The number of nitrogens with one attached hydrogen (secondary N) is 1. The minimum Gasteiger partial charge on any atom is -0.457 e. The Morgan fingerprint density at radius 3 is 2.20 bits per heavy atom. The fourth-order valence-corrected chi connectivity index (χ4v) is 2.92. The molecule has 0 aliphatic heterocycles. The third-order valence-electron chi connectivity index (χ3n) is 4.17. The first kappa shape index (κ1) is 21.5. The van der Waals surface area contributed by atoms with Crippen LogP contribution in [0.15, 0.2) is 66.7 Å². The van der Waals surface area contributed by atoms with Crippen LogP contribution in [0.1, 0.15) is 16.7 Å². The van der Waals surface area contributed by atoms with Gasteiger partial charge in [-0.05, 0) is 66.9 Å². The van der Waals surface area contributed by atoms with E-state index in [9.17, 15) is 17.6 Å². The van der Waals surface area contributed by atoms with Crippen molar-refractivity contribution < 1.29 is 27.0 Å². The van der Waals surface area contributed by atoms with E-state index >= 15 is 0 Å². The van der Waals surface area contributed by atoms with Crippen molar-refractivity contribution in [3.05, 3.63) is 83.4 Å². The van der Waals surface area contributed by atoms with Gasteiger partial charge in [0, 0.05) is 18.3 Å². The van der Waals surface area contributed by atoms with Crippen LogP contribution in [0.25, 0.3) is 0 Å². The molecule has 0 unspecified atom stereocenters. The fraction of sp³-hybridized carbons (Fsp3) is 0.217. The van der Waals surface area contributed by atoms with Crippen LogP contribution in [-0.4, -0.2) is 12.5 Å². The summed E-state index contributed by atoms with van der Waals surface area (Å²) in [5.74, 6) is 1.04. The molecule has 3 rings (SSSR count). The number of ether oxygens (including phenoxy) is 2.